The van der Waals surface area contributed by atoms with Crippen LogP contribution in [0.25, 0.3) is 0 Å². The lowest BCUT2D eigenvalue weighted by Crippen LogP contribution is -2.40. The first kappa shape index (κ1) is 23.6. The van der Waals surface area contributed by atoms with Gasteiger partial charge in [0.1, 0.15) is 11.5 Å². The Labute approximate surface area is 193 Å². The van der Waals surface area contributed by atoms with Crippen LogP contribution in [0.4, 0.5) is 5.69 Å². The maximum Gasteiger partial charge on any atom is 0.278 e. The third-order valence-electron chi connectivity index (χ3n) is 4.63. The van der Waals surface area contributed by atoms with Crippen LogP contribution >= 0.6 is 11.6 Å². The van der Waals surface area contributed by atoms with E-state index in [9.17, 15) is 13.2 Å². The SMILES string of the molecule is CCOc1ccc(N(C(=O)COc2cccc(CC)c2)S(=O)(=O)c2ccc(Cl)cc2)cc1. The number of hydrogen-bond donors (Lipinski definition) is 0. The largest absolute Gasteiger partial charge is 0.494 e. The Morgan fingerprint density at radius 2 is 1.59 bits per heavy atom. The minimum absolute atomic E-state index is 0.0582. The molecular formula is C24H24ClNO5S. The van der Waals surface area contributed by atoms with Crippen molar-refractivity contribution < 1.29 is 22.7 Å². The fourth-order valence-electron chi connectivity index (χ4n) is 3.03. The van der Waals surface area contributed by atoms with Crippen molar-refractivity contribution in [3.63, 3.8) is 0 Å². The number of aryl methyl sites for hydroxylation is 1. The average Bonchev–Trinajstić information content (AvgIpc) is 2.79. The van der Waals surface area contributed by atoms with Gasteiger partial charge in [-0.25, -0.2) is 8.42 Å². The molecule has 6 nitrogen and oxygen atoms in total. The van der Waals surface area contributed by atoms with Crippen molar-refractivity contribution in [3.05, 3.63) is 83.4 Å². The topological polar surface area (TPSA) is 72.9 Å². The van der Waals surface area contributed by atoms with Gasteiger partial charge < -0.3 is 9.47 Å². The van der Waals surface area contributed by atoms with Crippen molar-refractivity contribution in [2.24, 2.45) is 0 Å². The first-order valence-electron chi connectivity index (χ1n) is 10.1. The van der Waals surface area contributed by atoms with Crippen LogP contribution in [0, 0.1) is 0 Å². The molecule has 0 saturated carbocycles. The number of sulfonamides is 1. The van der Waals surface area contributed by atoms with E-state index >= 15 is 0 Å². The molecule has 0 atom stereocenters. The first-order valence-corrected chi connectivity index (χ1v) is 11.9. The van der Waals surface area contributed by atoms with E-state index in [1.165, 1.54) is 36.4 Å². The summed E-state index contributed by atoms with van der Waals surface area (Å²) in [6.45, 7) is 3.87. The Kier molecular flexibility index (Phi) is 7.77. The molecule has 3 aromatic rings. The van der Waals surface area contributed by atoms with Crippen LogP contribution < -0.4 is 13.8 Å². The maximum absolute atomic E-state index is 13.4. The van der Waals surface area contributed by atoms with Gasteiger partial charge in [-0.05, 0) is 79.6 Å². The Bertz CT molecular complexity index is 1160. The van der Waals surface area contributed by atoms with Crippen molar-refractivity contribution in [1.29, 1.82) is 0 Å². The van der Waals surface area contributed by atoms with Gasteiger partial charge in [-0.2, -0.15) is 4.31 Å². The Hall–Kier alpha value is -3.03. The molecule has 0 aliphatic rings. The number of halogens is 1. The molecule has 0 N–H and O–H groups in total. The highest BCUT2D eigenvalue weighted by Crippen LogP contribution is 2.27. The smallest absolute Gasteiger partial charge is 0.278 e. The molecule has 0 unspecified atom stereocenters. The molecule has 0 aliphatic carbocycles. The zero-order chi connectivity index (χ0) is 23.1. The molecule has 0 spiro atoms. The van der Waals surface area contributed by atoms with Crippen LogP contribution in [0.1, 0.15) is 19.4 Å². The summed E-state index contributed by atoms with van der Waals surface area (Å²) in [5, 5.41) is 0.391. The number of benzene rings is 3. The lowest BCUT2D eigenvalue weighted by atomic mass is 10.2. The zero-order valence-electron chi connectivity index (χ0n) is 17.8. The van der Waals surface area contributed by atoms with Gasteiger partial charge >= 0.3 is 0 Å². The van der Waals surface area contributed by atoms with Crippen LogP contribution in [0.3, 0.4) is 0 Å². The van der Waals surface area contributed by atoms with E-state index in [0.717, 1.165) is 16.3 Å². The van der Waals surface area contributed by atoms with Gasteiger partial charge in [0.05, 0.1) is 17.2 Å². The molecule has 0 fully saturated rings. The number of rotatable bonds is 9. The molecule has 0 bridgehead atoms. The molecule has 0 aromatic heterocycles. The van der Waals surface area contributed by atoms with Gasteiger partial charge in [-0.1, -0.05) is 30.7 Å². The van der Waals surface area contributed by atoms with E-state index in [4.69, 9.17) is 21.1 Å². The van der Waals surface area contributed by atoms with Crippen molar-refractivity contribution in [1.82, 2.24) is 0 Å². The lowest BCUT2D eigenvalue weighted by molar-refractivity contribution is -0.119. The van der Waals surface area contributed by atoms with Crippen molar-refractivity contribution in [2.75, 3.05) is 17.5 Å². The van der Waals surface area contributed by atoms with E-state index in [-0.39, 0.29) is 10.6 Å². The number of hydrogen-bond acceptors (Lipinski definition) is 5. The summed E-state index contributed by atoms with van der Waals surface area (Å²) >= 11 is 5.90. The predicted octanol–water partition coefficient (Wildman–Crippen LogP) is 5.10. The number of anilines is 1. The van der Waals surface area contributed by atoms with E-state index in [1.54, 1.807) is 18.2 Å². The molecular weight excluding hydrogens is 450 g/mol. The third-order valence-corrected chi connectivity index (χ3v) is 6.64. The summed E-state index contributed by atoms with van der Waals surface area (Å²) in [4.78, 5) is 13.1. The molecule has 168 valence electrons. The fraction of sp³-hybridized carbons (Fsp3) is 0.208. The van der Waals surface area contributed by atoms with Crippen molar-refractivity contribution >= 4 is 33.2 Å². The summed E-state index contributed by atoms with van der Waals surface area (Å²) in [5.41, 5.74) is 1.23. The van der Waals surface area contributed by atoms with Crippen LogP contribution in [-0.2, 0) is 21.2 Å². The molecule has 3 rings (SSSR count). The molecule has 32 heavy (non-hydrogen) atoms. The third kappa shape index (κ3) is 5.60. The molecule has 3 aromatic carbocycles. The van der Waals surface area contributed by atoms with Crippen LogP contribution in [0.5, 0.6) is 11.5 Å². The summed E-state index contributed by atoms with van der Waals surface area (Å²) in [6, 6.07) is 19.2. The highest BCUT2D eigenvalue weighted by atomic mass is 35.5. The van der Waals surface area contributed by atoms with E-state index < -0.39 is 22.5 Å². The van der Waals surface area contributed by atoms with Crippen molar-refractivity contribution in [2.45, 2.75) is 25.2 Å². The highest BCUT2D eigenvalue weighted by molar-refractivity contribution is 7.93. The van der Waals surface area contributed by atoms with Crippen LogP contribution in [-0.4, -0.2) is 27.5 Å². The summed E-state index contributed by atoms with van der Waals surface area (Å²) < 4.78 is 38.6. The number of carbonyl (C=O) groups excluding carboxylic acids is 1. The minimum Gasteiger partial charge on any atom is -0.494 e. The molecule has 0 saturated heterocycles. The summed E-state index contributed by atoms with van der Waals surface area (Å²) in [6.07, 6.45) is 0.814. The predicted molar refractivity (Wildman–Crippen MR) is 125 cm³/mol. The number of amides is 1. The minimum atomic E-state index is -4.21. The normalized spacial score (nSPS) is 11.1. The Balaban J connectivity index is 1.93. The van der Waals surface area contributed by atoms with E-state index in [1.807, 2.05) is 32.0 Å². The standard InChI is InChI=1S/C24H24ClNO5S/c1-3-18-6-5-7-22(16-18)31-17-24(27)26(20-10-12-21(13-11-20)30-4-2)32(28,29)23-14-8-19(25)9-15-23/h5-16H,3-4,17H2,1-2H3. The van der Waals surface area contributed by atoms with E-state index in [0.29, 0.717) is 23.1 Å². The van der Waals surface area contributed by atoms with Gasteiger partial charge in [0.15, 0.2) is 6.61 Å². The van der Waals surface area contributed by atoms with Gasteiger partial charge in [0.2, 0.25) is 0 Å². The second-order valence-electron chi connectivity index (χ2n) is 6.83. The molecule has 0 heterocycles. The summed E-state index contributed by atoms with van der Waals surface area (Å²) in [7, 11) is -4.21. The number of ether oxygens (including phenoxy) is 2. The highest BCUT2D eigenvalue weighted by Gasteiger charge is 2.31. The Morgan fingerprint density at radius 3 is 2.22 bits per heavy atom. The van der Waals surface area contributed by atoms with Crippen LogP contribution in [0.2, 0.25) is 5.02 Å². The zero-order valence-corrected chi connectivity index (χ0v) is 19.4. The molecule has 8 heteroatoms. The van der Waals surface area contributed by atoms with Gasteiger partial charge in [0, 0.05) is 5.02 Å². The molecule has 0 aliphatic heterocycles. The van der Waals surface area contributed by atoms with Crippen LogP contribution in [0.15, 0.2) is 77.7 Å². The first-order chi connectivity index (χ1) is 15.3. The molecule has 0 radical (unpaired) electrons. The van der Waals surface area contributed by atoms with Gasteiger partial charge in [0.25, 0.3) is 15.9 Å². The maximum atomic E-state index is 13.4. The lowest BCUT2D eigenvalue weighted by Gasteiger charge is -2.23. The average molecular weight is 474 g/mol. The second kappa shape index (κ2) is 10.5. The van der Waals surface area contributed by atoms with Crippen molar-refractivity contribution in [3.8, 4) is 11.5 Å². The molecule has 1 amide bonds. The van der Waals surface area contributed by atoms with Gasteiger partial charge in [-0.3, -0.25) is 4.79 Å². The number of carbonyl (C=O) groups is 1. The Morgan fingerprint density at radius 1 is 0.906 bits per heavy atom. The van der Waals surface area contributed by atoms with Gasteiger partial charge in [-0.15, -0.1) is 0 Å². The van der Waals surface area contributed by atoms with E-state index in [2.05, 4.69) is 0 Å². The number of nitrogens with zero attached hydrogens (tertiary/aromatic N) is 1. The monoisotopic (exact) mass is 473 g/mol. The quantitative estimate of drug-likeness (QED) is 0.432. The second-order valence-corrected chi connectivity index (χ2v) is 9.06. The fourth-order valence-corrected chi connectivity index (χ4v) is 4.57. The summed E-state index contributed by atoms with van der Waals surface area (Å²) in [5.74, 6) is 0.333.